The van der Waals surface area contributed by atoms with Crippen molar-refractivity contribution < 1.29 is 4.79 Å². The summed E-state index contributed by atoms with van der Waals surface area (Å²) in [6.07, 6.45) is 4.27. The SMILES string of the molecule is CC(C)n1cc2cc(C(=O)N3CCN(c4ccc(Cl)cc4)CC3)sc2c1. The van der Waals surface area contributed by atoms with Crippen LogP contribution in [0, 0.1) is 0 Å². The zero-order valence-electron chi connectivity index (χ0n) is 15.0. The lowest BCUT2D eigenvalue weighted by Gasteiger charge is -2.36. The first-order valence-electron chi connectivity index (χ1n) is 8.92. The zero-order valence-corrected chi connectivity index (χ0v) is 16.6. The highest BCUT2D eigenvalue weighted by atomic mass is 35.5. The number of thiophene rings is 1. The molecular weight excluding hydrogens is 366 g/mol. The number of aromatic nitrogens is 1. The van der Waals surface area contributed by atoms with E-state index in [0.29, 0.717) is 6.04 Å². The molecule has 136 valence electrons. The molecule has 1 aromatic carbocycles. The summed E-state index contributed by atoms with van der Waals surface area (Å²) in [5, 5.41) is 1.91. The molecule has 1 amide bonds. The molecule has 0 saturated carbocycles. The third-order valence-electron chi connectivity index (χ3n) is 4.91. The number of anilines is 1. The predicted molar refractivity (Wildman–Crippen MR) is 110 cm³/mol. The van der Waals surface area contributed by atoms with Gasteiger partial charge in [0.1, 0.15) is 0 Å². The van der Waals surface area contributed by atoms with Crippen LogP contribution in [0.2, 0.25) is 5.02 Å². The number of benzene rings is 1. The highest BCUT2D eigenvalue weighted by Gasteiger charge is 2.24. The smallest absolute Gasteiger partial charge is 0.264 e. The Morgan fingerprint density at radius 1 is 1.08 bits per heavy atom. The predicted octanol–water partition coefficient (Wildman–Crippen LogP) is 4.90. The molecule has 0 atom stereocenters. The molecule has 0 aliphatic carbocycles. The number of amides is 1. The van der Waals surface area contributed by atoms with E-state index in [4.69, 9.17) is 11.6 Å². The summed E-state index contributed by atoms with van der Waals surface area (Å²) in [6, 6.07) is 10.4. The number of fused-ring (bicyclic) bond motifs is 1. The van der Waals surface area contributed by atoms with E-state index < -0.39 is 0 Å². The highest BCUT2D eigenvalue weighted by Crippen LogP contribution is 2.29. The lowest BCUT2D eigenvalue weighted by molar-refractivity contribution is 0.0752. The van der Waals surface area contributed by atoms with Gasteiger partial charge in [0, 0.05) is 60.7 Å². The fraction of sp³-hybridized carbons (Fsp3) is 0.350. The quantitative estimate of drug-likeness (QED) is 0.639. The van der Waals surface area contributed by atoms with E-state index in [1.807, 2.05) is 35.2 Å². The monoisotopic (exact) mass is 387 g/mol. The molecule has 0 radical (unpaired) electrons. The van der Waals surface area contributed by atoms with Crippen molar-refractivity contribution in [1.82, 2.24) is 9.47 Å². The fourth-order valence-corrected chi connectivity index (χ4v) is 4.50. The zero-order chi connectivity index (χ0) is 18.3. The van der Waals surface area contributed by atoms with E-state index in [-0.39, 0.29) is 5.91 Å². The largest absolute Gasteiger partial charge is 0.368 e. The van der Waals surface area contributed by atoms with Crippen LogP contribution in [-0.2, 0) is 0 Å². The second kappa shape index (κ2) is 6.97. The van der Waals surface area contributed by atoms with E-state index in [2.05, 4.69) is 35.7 Å². The first kappa shape index (κ1) is 17.4. The molecule has 1 saturated heterocycles. The van der Waals surface area contributed by atoms with Gasteiger partial charge in [-0.2, -0.15) is 0 Å². The molecule has 4 rings (SSSR count). The number of carbonyl (C=O) groups is 1. The second-order valence-electron chi connectivity index (χ2n) is 6.99. The Bertz CT molecular complexity index is 889. The van der Waals surface area contributed by atoms with Gasteiger partial charge in [-0.25, -0.2) is 0 Å². The van der Waals surface area contributed by atoms with Crippen molar-refractivity contribution >= 4 is 44.6 Å². The number of halogens is 1. The van der Waals surface area contributed by atoms with Gasteiger partial charge in [0.25, 0.3) is 5.91 Å². The Kier molecular flexibility index (Phi) is 4.67. The number of nitrogens with zero attached hydrogens (tertiary/aromatic N) is 3. The number of hydrogen-bond acceptors (Lipinski definition) is 3. The Hall–Kier alpha value is -1.98. The van der Waals surface area contributed by atoms with Crippen LogP contribution in [0.25, 0.3) is 10.1 Å². The first-order valence-corrected chi connectivity index (χ1v) is 10.1. The molecule has 26 heavy (non-hydrogen) atoms. The summed E-state index contributed by atoms with van der Waals surface area (Å²) in [4.78, 5) is 18.0. The normalized spacial score (nSPS) is 15.2. The van der Waals surface area contributed by atoms with Gasteiger partial charge in [0.05, 0.1) is 9.58 Å². The minimum Gasteiger partial charge on any atom is -0.368 e. The van der Waals surface area contributed by atoms with Gasteiger partial charge in [-0.05, 0) is 44.2 Å². The molecule has 0 N–H and O–H groups in total. The van der Waals surface area contributed by atoms with E-state index in [1.54, 1.807) is 11.3 Å². The number of rotatable bonds is 3. The average molecular weight is 388 g/mol. The van der Waals surface area contributed by atoms with E-state index in [0.717, 1.165) is 47.2 Å². The van der Waals surface area contributed by atoms with E-state index in [9.17, 15) is 4.79 Å². The van der Waals surface area contributed by atoms with Gasteiger partial charge >= 0.3 is 0 Å². The van der Waals surface area contributed by atoms with Crippen molar-refractivity contribution in [1.29, 1.82) is 0 Å². The van der Waals surface area contributed by atoms with Crippen molar-refractivity contribution in [3.05, 3.63) is 52.6 Å². The molecule has 1 aliphatic rings. The van der Waals surface area contributed by atoms with E-state index in [1.165, 1.54) is 4.70 Å². The molecule has 3 heterocycles. The number of piperazine rings is 1. The highest BCUT2D eigenvalue weighted by molar-refractivity contribution is 7.20. The van der Waals surface area contributed by atoms with Gasteiger partial charge < -0.3 is 14.4 Å². The van der Waals surface area contributed by atoms with Crippen LogP contribution < -0.4 is 4.90 Å². The molecule has 4 nitrogen and oxygen atoms in total. The standard InChI is InChI=1S/C20H22ClN3OS/c1-14(2)24-12-15-11-18(26-19(15)13-24)20(25)23-9-7-22(8-10-23)17-5-3-16(21)4-6-17/h3-6,11-14H,7-10H2,1-2H3. The summed E-state index contributed by atoms with van der Waals surface area (Å²) in [6.45, 7) is 7.51. The lowest BCUT2D eigenvalue weighted by Crippen LogP contribution is -2.48. The van der Waals surface area contributed by atoms with Gasteiger partial charge in [-0.15, -0.1) is 11.3 Å². The topological polar surface area (TPSA) is 28.5 Å². The average Bonchev–Trinajstić information content (AvgIpc) is 3.21. The van der Waals surface area contributed by atoms with Crippen LogP contribution in [0.5, 0.6) is 0 Å². The Balaban J connectivity index is 1.43. The summed E-state index contributed by atoms with van der Waals surface area (Å²) in [5.41, 5.74) is 1.16. The second-order valence-corrected chi connectivity index (χ2v) is 8.51. The van der Waals surface area contributed by atoms with Crippen molar-refractivity contribution in [2.45, 2.75) is 19.9 Å². The first-order chi connectivity index (χ1) is 12.5. The van der Waals surface area contributed by atoms with Crippen molar-refractivity contribution in [2.24, 2.45) is 0 Å². The Morgan fingerprint density at radius 2 is 1.77 bits per heavy atom. The van der Waals surface area contributed by atoms with Crippen LogP contribution in [0.4, 0.5) is 5.69 Å². The van der Waals surface area contributed by atoms with Crippen molar-refractivity contribution in [3.63, 3.8) is 0 Å². The van der Waals surface area contributed by atoms with Crippen LogP contribution in [-0.4, -0.2) is 41.6 Å². The van der Waals surface area contributed by atoms with Crippen molar-refractivity contribution in [2.75, 3.05) is 31.1 Å². The van der Waals surface area contributed by atoms with E-state index >= 15 is 0 Å². The van der Waals surface area contributed by atoms with Gasteiger partial charge in [-0.3, -0.25) is 4.79 Å². The molecule has 3 aromatic rings. The van der Waals surface area contributed by atoms with Crippen LogP contribution >= 0.6 is 22.9 Å². The van der Waals surface area contributed by atoms with Crippen molar-refractivity contribution in [3.8, 4) is 0 Å². The lowest BCUT2D eigenvalue weighted by atomic mass is 10.2. The third kappa shape index (κ3) is 3.33. The third-order valence-corrected chi connectivity index (χ3v) is 6.24. The molecular formula is C20H22ClN3OS. The molecule has 0 bridgehead atoms. The molecule has 1 aliphatic heterocycles. The Morgan fingerprint density at radius 3 is 2.38 bits per heavy atom. The number of hydrogen-bond donors (Lipinski definition) is 0. The molecule has 2 aromatic heterocycles. The maximum atomic E-state index is 12.9. The van der Waals surface area contributed by atoms with Crippen LogP contribution in [0.3, 0.4) is 0 Å². The minimum absolute atomic E-state index is 0.151. The van der Waals surface area contributed by atoms with Gasteiger partial charge in [-0.1, -0.05) is 11.6 Å². The summed E-state index contributed by atoms with van der Waals surface area (Å²) < 4.78 is 3.38. The molecule has 0 spiro atoms. The fourth-order valence-electron chi connectivity index (χ4n) is 3.33. The van der Waals surface area contributed by atoms with Gasteiger partial charge in [0.2, 0.25) is 0 Å². The van der Waals surface area contributed by atoms with Crippen LogP contribution in [0.15, 0.2) is 42.7 Å². The summed E-state index contributed by atoms with van der Waals surface area (Å²) in [5.74, 6) is 0.151. The van der Waals surface area contributed by atoms with Gasteiger partial charge in [0.15, 0.2) is 0 Å². The summed E-state index contributed by atoms with van der Waals surface area (Å²) in [7, 11) is 0. The molecule has 0 unspecified atom stereocenters. The number of carbonyl (C=O) groups excluding carboxylic acids is 1. The Labute approximate surface area is 162 Å². The van der Waals surface area contributed by atoms with Crippen LogP contribution in [0.1, 0.15) is 29.6 Å². The maximum absolute atomic E-state index is 12.9. The molecule has 6 heteroatoms. The maximum Gasteiger partial charge on any atom is 0.264 e. The summed E-state index contributed by atoms with van der Waals surface area (Å²) >= 11 is 7.56. The minimum atomic E-state index is 0.151. The molecule has 1 fully saturated rings.